The maximum atomic E-state index is 13.6. The maximum Gasteiger partial charge on any atom is 0.326 e. The second-order valence-corrected chi connectivity index (χ2v) is 10.7. The Morgan fingerprint density at radius 3 is 2.16 bits per heavy atom. The number of nitrogens with one attached hydrogen (secondary N) is 5. The number of hydrogen-bond donors (Lipinski definition) is 8. The number of hydrogen-bond acceptors (Lipinski definition) is 7. The molecule has 4 unspecified atom stereocenters. The number of carboxylic acids is 1. The van der Waals surface area contributed by atoms with Gasteiger partial charge in [-0.25, -0.2) is 9.78 Å². The summed E-state index contributed by atoms with van der Waals surface area (Å²) in [6.45, 7) is 0. The molecule has 0 fully saturated rings. The van der Waals surface area contributed by atoms with E-state index in [9.17, 15) is 29.1 Å². The fourth-order valence-electron chi connectivity index (χ4n) is 4.88. The van der Waals surface area contributed by atoms with E-state index in [-0.39, 0.29) is 32.1 Å². The van der Waals surface area contributed by atoms with Crippen molar-refractivity contribution in [3.63, 3.8) is 0 Å². The molecule has 14 nitrogen and oxygen atoms in total. The number of nitrogens with two attached hydrogens (primary N) is 2. The van der Waals surface area contributed by atoms with Crippen molar-refractivity contribution in [3.05, 3.63) is 90.1 Å². The highest BCUT2D eigenvalue weighted by atomic mass is 16.4. The fourth-order valence-corrected chi connectivity index (χ4v) is 4.88. The highest BCUT2D eigenvalue weighted by Gasteiger charge is 2.31. The predicted octanol–water partition coefficient (Wildman–Crippen LogP) is 0.0507. The molecule has 10 N–H and O–H groups in total. The number of carboxylic acid groups (broad SMARTS) is 1. The predicted molar refractivity (Wildman–Crippen MR) is 164 cm³/mol. The number of nitrogens with zero attached hydrogens (tertiary/aromatic N) is 1. The molecular formula is C31H36N8O6. The summed E-state index contributed by atoms with van der Waals surface area (Å²) in [5, 5.41) is 18.3. The first-order chi connectivity index (χ1) is 21.6. The van der Waals surface area contributed by atoms with Crippen LogP contribution in [0.4, 0.5) is 0 Å². The highest BCUT2D eigenvalue weighted by molar-refractivity contribution is 5.95. The second kappa shape index (κ2) is 15.3. The summed E-state index contributed by atoms with van der Waals surface area (Å²) in [7, 11) is 0. The van der Waals surface area contributed by atoms with Gasteiger partial charge in [0.15, 0.2) is 0 Å². The molecule has 0 aliphatic rings. The first-order valence-corrected chi connectivity index (χ1v) is 14.3. The number of rotatable bonds is 16. The highest BCUT2D eigenvalue weighted by Crippen LogP contribution is 2.19. The number of amides is 4. The average molecular weight is 617 g/mol. The van der Waals surface area contributed by atoms with Gasteiger partial charge >= 0.3 is 5.97 Å². The molecule has 0 aliphatic carbocycles. The van der Waals surface area contributed by atoms with Crippen molar-refractivity contribution in [1.29, 1.82) is 0 Å². The van der Waals surface area contributed by atoms with Crippen LogP contribution in [0.3, 0.4) is 0 Å². The van der Waals surface area contributed by atoms with Crippen molar-refractivity contribution < 1.29 is 29.1 Å². The van der Waals surface area contributed by atoms with Crippen LogP contribution < -0.4 is 27.4 Å². The van der Waals surface area contributed by atoms with Crippen LogP contribution in [-0.2, 0) is 43.2 Å². The molecule has 0 saturated carbocycles. The smallest absolute Gasteiger partial charge is 0.326 e. The van der Waals surface area contributed by atoms with Gasteiger partial charge in [0.25, 0.3) is 0 Å². The lowest BCUT2D eigenvalue weighted by atomic mass is 10.0. The van der Waals surface area contributed by atoms with Crippen LogP contribution in [0, 0.1) is 0 Å². The standard InChI is InChI=1S/C31H36N8O6/c32-22(13-19-15-35-23-9-5-4-8-21(19)23)28(41)38-25(14-20-16-34-17-36-20)30(43)37-24(10-11-27(33)40)29(42)39-26(31(44)45)12-18-6-2-1-3-7-18/h1-9,15-17,22,24-26,35H,10-14,32H2,(H2,33,40)(H,34,36)(H,37,43)(H,38,41)(H,39,42)(H,44,45). The summed E-state index contributed by atoms with van der Waals surface area (Å²) in [6.07, 6.45) is 4.37. The Labute approximate surface area is 258 Å². The summed E-state index contributed by atoms with van der Waals surface area (Å²) >= 11 is 0. The van der Waals surface area contributed by atoms with Gasteiger partial charge in [-0.15, -0.1) is 0 Å². The quantitative estimate of drug-likeness (QED) is 0.0854. The number of H-pyrrole nitrogens is 2. The number of imidazole rings is 1. The number of carbonyl (C=O) groups is 5. The Morgan fingerprint density at radius 2 is 1.47 bits per heavy atom. The first-order valence-electron chi connectivity index (χ1n) is 14.3. The summed E-state index contributed by atoms with van der Waals surface area (Å²) in [5.74, 6) is -4.17. The Morgan fingerprint density at radius 1 is 0.800 bits per heavy atom. The van der Waals surface area contributed by atoms with Gasteiger partial charge in [0.05, 0.1) is 12.4 Å². The van der Waals surface area contributed by atoms with E-state index in [1.165, 1.54) is 12.5 Å². The molecule has 2 aromatic heterocycles. The number of benzene rings is 2. The Kier molecular flexibility index (Phi) is 11.0. The van der Waals surface area contributed by atoms with Crippen LogP contribution in [0.25, 0.3) is 10.9 Å². The number of aliphatic carboxylic acids is 1. The minimum atomic E-state index is -1.33. The van der Waals surface area contributed by atoms with Crippen molar-refractivity contribution >= 4 is 40.5 Å². The number of fused-ring (bicyclic) bond motifs is 1. The third-order valence-corrected chi connectivity index (χ3v) is 7.27. The summed E-state index contributed by atoms with van der Waals surface area (Å²) < 4.78 is 0. The topological polar surface area (TPSA) is 238 Å². The maximum absolute atomic E-state index is 13.6. The third kappa shape index (κ3) is 9.24. The van der Waals surface area contributed by atoms with E-state index in [0.29, 0.717) is 11.3 Å². The molecule has 0 spiro atoms. The van der Waals surface area contributed by atoms with Gasteiger partial charge in [0.2, 0.25) is 23.6 Å². The minimum Gasteiger partial charge on any atom is -0.480 e. The number of carbonyl (C=O) groups excluding carboxylic acids is 4. The van der Waals surface area contributed by atoms with Crippen LogP contribution in [0.15, 0.2) is 73.3 Å². The van der Waals surface area contributed by atoms with E-state index in [1.54, 1.807) is 36.5 Å². The molecule has 0 radical (unpaired) electrons. The first kappa shape index (κ1) is 32.4. The molecule has 0 saturated heterocycles. The molecule has 2 heterocycles. The number of para-hydroxylation sites is 1. The Balaban J connectivity index is 1.48. The van der Waals surface area contributed by atoms with Crippen molar-refractivity contribution in [1.82, 2.24) is 30.9 Å². The lowest BCUT2D eigenvalue weighted by Gasteiger charge is -2.25. The molecule has 45 heavy (non-hydrogen) atoms. The zero-order valence-electron chi connectivity index (χ0n) is 24.4. The second-order valence-electron chi connectivity index (χ2n) is 10.7. The molecule has 2 aromatic carbocycles. The van der Waals surface area contributed by atoms with E-state index < -0.39 is 53.8 Å². The van der Waals surface area contributed by atoms with Gasteiger partial charge in [-0.05, 0) is 30.0 Å². The van der Waals surface area contributed by atoms with Crippen LogP contribution in [0.5, 0.6) is 0 Å². The van der Waals surface area contributed by atoms with E-state index in [0.717, 1.165) is 16.5 Å². The average Bonchev–Trinajstić information content (AvgIpc) is 3.69. The van der Waals surface area contributed by atoms with Crippen LogP contribution >= 0.6 is 0 Å². The fraction of sp³-hybridized carbons (Fsp3) is 0.290. The van der Waals surface area contributed by atoms with Crippen LogP contribution in [-0.4, -0.2) is 73.8 Å². The van der Waals surface area contributed by atoms with Crippen molar-refractivity contribution in [2.75, 3.05) is 0 Å². The molecular weight excluding hydrogens is 580 g/mol. The van der Waals surface area contributed by atoms with Gasteiger partial charge in [-0.3, -0.25) is 19.2 Å². The molecule has 4 atom stereocenters. The monoisotopic (exact) mass is 616 g/mol. The zero-order valence-corrected chi connectivity index (χ0v) is 24.4. The SMILES string of the molecule is NC(=O)CCC(NC(=O)C(Cc1cnc[nH]1)NC(=O)C(N)Cc1c[nH]c2ccccc12)C(=O)NC(Cc1ccccc1)C(=O)O. The molecule has 4 rings (SSSR count). The lowest BCUT2D eigenvalue weighted by molar-refractivity contribution is -0.142. The van der Waals surface area contributed by atoms with Crippen molar-refractivity contribution in [2.24, 2.45) is 11.5 Å². The van der Waals surface area contributed by atoms with Gasteiger partial charge in [0.1, 0.15) is 18.1 Å². The zero-order chi connectivity index (χ0) is 32.3. The van der Waals surface area contributed by atoms with Gasteiger partial charge in [-0.1, -0.05) is 48.5 Å². The van der Waals surface area contributed by atoms with Gasteiger partial charge in [-0.2, -0.15) is 0 Å². The molecule has 4 amide bonds. The lowest BCUT2D eigenvalue weighted by Crippen LogP contribution is -2.58. The summed E-state index contributed by atoms with van der Waals surface area (Å²) in [4.78, 5) is 73.6. The Hall–Kier alpha value is -5.50. The normalized spacial score (nSPS) is 13.7. The van der Waals surface area contributed by atoms with Crippen molar-refractivity contribution in [3.8, 4) is 0 Å². The van der Waals surface area contributed by atoms with Crippen LogP contribution in [0.1, 0.15) is 29.7 Å². The minimum absolute atomic E-state index is 0.00871. The molecule has 0 aliphatic heterocycles. The van der Waals surface area contributed by atoms with E-state index >= 15 is 0 Å². The molecule has 14 heteroatoms. The van der Waals surface area contributed by atoms with Gasteiger partial charge < -0.3 is 42.5 Å². The molecule has 0 bridgehead atoms. The number of aromatic nitrogens is 3. The van der Waals surface area contributed by atoms with E-state index in [2.05, 4.69) is 30.9 Å². The van der Waals surface area contributed by atoms with E-state index in [4.69, 9.17) is 11.5 Å². The molecule has 236 valence electrons. The van der Waals surface area contributed by atoms with Gasteiger partial charge in [0, 0.05) is 48.3 Å². The van der Waals surface area contributed by atoms with Crippen LogP contribution in [0.2, 0.25) is 0 Å². The third-order valence-electron chi connectivity index (χ3n) is 7.27. The van der Waals surface area contributed by atoms with Crippen molar-refractivity contribution in [2.45, 2.75) is 56.3 Å². The number of aromatic amines is 2. The van der Waals surface area contributed by atoms with E-state index in [1.807, 2.05) is 24.3 Å². The molecule has 4 aromatic rings. The number of primary amides is 1. The largest absolute Gasteiger partial charge is 0.480 e. The summed E-state index contributed by atoms with van der Waals surface area (Å²) in [6, 6.07) is 11.4. The Bertz CT molecular complexity index is 1620. The summed E-state index contributed by atoms with van der Waals surface area (Å²) in [5.41, 5.74) is 14.5.